The molecule has 17 heavy (non-hydrogen) atoms. The number of nitrogens with one attached hydrogen (secondary N) is 1. The zero-order valence-corrected chi connectivity index (χ0v) is 12.2. The van der Waals surface area contributed by atoms with E-state index in [2.05, 4.69) is 24.1 Å². The minimum atomic E-state index is 0.537. The molecule has 4 nitrogen and oxygen atoms in total. The highest BCUT2D eigenvalue weighted by molar-refractivity contribution is 7.15. The number of anilines is 1. The quantitative estimate of drug-likeness (QED) is 0.814. The van der Waals surface area contributed by atoms with Crippen LogP contribution in [-0.4, -0.2) is 32.2 Å². The summed E-state index contributed by atoms with van der Waals surface area (Å²) in [5, 5.41) is 4.49. The van der Waals surface area contributed by atoms with E-state index in [0.717, 1.165) is 17.6 Å². The Balaban J connectivity index is 2.63. The van der Waals surface area contributed by atoms with Gasteiger partial charge in [-0.1, -0.05) is 24.7 Å². The summed E-state index contributed by atoms with van der Waals surface area (Å²) in [4.78, 5) is 7.61. The van der Waals surface area contributed by atoms with Gasteiger partial charge in [-0.3, -0.25) is 0 Å². The second kappa shape index (κ2) is 6.81. The average Bonchev–Trinajstić information content (AvgIpc) is 2.70. The molecule has 0 aliphatic rings. The molecule has 1 N–H and O–H groups in total. The first-order valence-electron chi connectivity index (χ1n) is 6.02. The van der Waals surface area contributed by atoms with Gasteiger partial charge in [0.2, 0.25) is 5.88 Å². The Hall–Kier alpha value is -0.810. The molecule has 0 spiro atoms. The van der Waals surface area contributed by atoms with E-state index in [0.29, 0.717) is 6.04 Å². The fourth-order valence-corrected chi connectivity index (χ4v) is 2.49. The molecule has 0 fully saturated rings. The first-order chi connectivity index (χ1) is 8.08. The minimum absolute atomic E-state index is 0.537. The van der Waals surface area contributed by atoms with Gasteiger partial charge in [-0.2, -0.15) is 4.98 Å². The van der Waals surface area contributed by atoms with Crippen LogP contribution in [-0.2, 0) is 6.54 Å². The standard InChI is InChI=1S/C12H23N3OS/c1-6-7-9(2)13-8-10-11(16-5)14-12(17-10)15(3)4/h9,13H,6-8H2,1-5H3. The van der Waals surface area contributed by atoms with E-state index in [9.17, 15) is 0 Å². The van der Waals surface area contributed by atoms with E-state index < -0.39 is 0 Å². The summed E-state index contributed by atoms with van der Waals surface area (Å²) in [5.74, 6) is 0.745. The van der Waals surface area contributed by atoms with E-state index >= 15 is 0 Å². The number of aromatic nitrogens is 1. The van der Waals surface area contributed by atoms with Crippen LogP contribution >= 0.6 is 11.3 Å². The molecule has 98 valence electrons. The highest BCUT2D eigenvalue weighted by Crippen LogP contribution is 2.30. The van der Waals surface area contributed by atoms with Gasteiger partial charge in [0.05, 0.1) is 12.0 Å². The van der Waals surface area contributed by atoms with Gasteiger partial charge in [0.15, 0.2) is 5.13 Å². The molecule has 1 atom stereocenters. The van der Waals surface area contributed by atoms with Crippen LogP contribution in [0.5, 0.6) is 5.88 Å². The fourth-order valence-electron chi connectivity index (χ4n) is 1.59. The van der Waals surface area contributed by atoms with Gasteiger partial charge >= 0.3 is 0 Å². The monoisotopic (exact) mass is 257 g/mol. The second-order valence-corrected chi connectivity index (χ2v) is 5.46. The van der Waals surface area contributed by atoms with Gasteiger partial charge in [-0.25, -0.2) is 0 Å². The van der Waals surface area contributed by atoms with Crippen LogP contribution in [0.15, 0.2) is 0 Å². The highest BCUT2D eigenvalue weighted by Gasteiger charge is 2.13. The van der Waals surface area contributed by atoms with Crippen LogP contribution in [0.3, 0.4) is 0 Å². The van der Waals surface area contributed by atoms with Crippen molar-refractivity contribution >= 4 is 16.5 Å². The molecule has 0 aliphatic heterocycles. The van der Waals surface area contributed by atoms with E-state index in [4.69, 9.17) is 4.74 Å². The van der Waals surface area contributed by atoms with Crippen molar-refractivity contribution in [2.24, 2.45) is 0 Å². The van der Waals surface area contributed by atoms with Crippen molar-refractivity contribution in [2.75, 3.05) is 26.1 Å². The number of methoxy groups -OCH3 is 1. The second-order valence-electron chi connectivity index (χ2n) is 4.39. The Morgan fingerprint density at radius 3 is 2.71 bits per heavy atom. The molecule has 0 saturated heterocycles. The summed E-state index contributed by atoms with van der Waals surface area (Å²) in [5.41, 5.74) is 0. The van der Waals surface area contributed by atoms with Crippen molar-refractivity contribution in [3.05, 3.63) is 4.88 Å². The van der Waals surface area contributed by atoms with Crippen LogP contribution in [0, 0.1) is 0 Å². The Labute approximate surface area is 108 Å². The molecule has 0 bridgehead atoms. The predicted molar refractivity (Wildman–Crippen MR) is 74.2 cm³/mol. The summed E-state index contributed by atoms with van der Waals surface area (Å²) in [6, 6.07) is 0.537. The Bertz CT molecular complexity index is 338. The summed E-state index contributed by atoms with van der Waals surface area (Å²) in [6.07, 6.45) is 2.40. The Morgan fingerprint density at radius 2 is 2.18 bits per heavy atom. The van der Waals surface area contributed by atoms with Crippen LogP contribution in [0.2, 0.25) is 0 Å². The molecular formula is C12H23N3OS. The zero-order chi connectivity index (χ0) is 12.8. The third kappa shape index (κ3) is 4.16. The van der Waals surface area contributed by atoms with Crippen LogP contribution < -0.4 is 15.0 Å². The lowest BCUT2D eigenvalue weighted by Crippen LogP contribution is -2.24. The van der Waals surface area contributed by atoms with E-state index in [1.54, 1.807) is 18.4 Å². The summed E-state index contributed by atoms with van der Waals surface area (Å²) < 4.78 is 5.30. The zero-order valence-electron chi connectivity index (χ0n) is 11.4. The third-order valence-corrected chi connectivity index (χ3v) is 3.76. The van der Waals surface area contributed by atoms with Crippen molar-refractivity contribution in [3.63, 3.8) is 0 Å². The van der Waals surface area contributed by atoms with Gasteiger partial charge in [-0.15, -0.1) is 0 Å². The van der Waals surface area contributed by atoms with Crippen molar-refractivity contribution in [1.82, 2.24) is 10.3 Å². The van der Waals surface area contributed by atoms with Gasteiger partial charge in [-0.05, 0) is 13.3 Å². The first kappa shape index (κ1) is 14.3. The third-order valence-electron chi connectivity index (χ3n) is 2.56. The van der Waals surface area contributed by atoms with E-state index in [1.807, 2.05) is 19.0 Å². The topological polar surface area (TPSA) is 37.4 Å². The van der Waals surface area contributed by atoms with Crippen LogP contribution in [0.25, 0.3) is 0 Å². The van der Waals surface area contributed by atoms with Crippen LogP contribution in [0.4, 0.5) is 5.13 Å². The van der Waals surface area contributed by atoms with Crippen molar-refractivity contribution in [3.8, 4) is 5.88 Å². The first-order valence-corrected chi connectivity index (χ1v) is 6.84. The lowest BCUT2D eigenvalue weighted by Gasteiger charge is -2.11. The minimum Gasteiger partial charge on any atom is -0.480 e. The molecule has 1 aromatic rings. The molecular weight excluding hydrogens is 234 g/mol. The maximum atomic E-state index is 5.30. The number of thiazole rings is 1. The lowest BCUT2D eigenvalue weighted by atomic mass is 10.2. The van der Waals surface area contributed by atoms with E-state index in [-0.39, 0.29) is 0 Å². The summed E-state index contributed by atoms with van der Waals surface area (Å²) in [6.45, 7) is 5.25. The van der Waals surface area contributed by atoms with Gasteiger partial charge in [0.1, 0.15) is 0 Å². The molecule has 0 radical (unpaired) electrons. The maximum Gasteiger partial charge on any atom is 0.230 e. The maximum absolute atomic E-state index is 5.30. The summed E-state index contributed by atoms with van der Waals surface area (Å²) in [7, 11) is 5.66. The Kier molecular flexibility index (Phi) is 5.71. The van der Waals surface area contributed by atoms with Crippen molar-refractivity contribution < 1.29 is 4.74 Å². The van der Waals surface area contributed by atoms with Crippen molar-refractivity contribution in [1.29, 1.82) is 0 Å². The molecule has 0 saturated carbocycles. The normalized spacial score (nSPS) is 12.5. The SMILES string of the molecule is CCCC(C)NCc1sc(N(C)C)nc1OC. The number of nitrogens with zero attached hydrogens (tertiary/aromatic N) is 2. The molecule has 0 aliphatic carbocycles. The number of ether oxygens (including phenoxy) is 1. The van der Waals surface area contributed by atoms with E-state index in [1.165, 1.54) is 17.7 Å². The highest BCUT2D eigenvalue weighted by atomic mass is 32.1. The number of hydrogen-bond acceptors (Lipinski definition) is 5. The smallest absolute Gasteiger partial charge is 0.230 e. The predicted octanol–water partition coefficient (Wildman–Crippen LogP) is 2.50. The van der Waals surface area contributed by atoms with Gasteiger partial charge in [0, 0.05) is 26.7 Å². The number of hydrogen-bond donors (Lipinski definition) is 1. The summed E-state index contributed by atoms with van der Waals surface area (Å²) >= 11 is 1.68. The Morgan fingerprint density at radius 1 is 1.47 bits per heavy atom. The molecule has 1 aromatic heterocycles. The average molecular weight is 257 g/mol. The largest absolute Gasteiger partial charge is 0.480 e. The fraction of sp³-hybridized carbons (Fsp3) is 0.750. The molecule has 0 amide bonds. The lowest BCUT2D eigenvalue weighted by molar-refractivity contribution is 0.392. The van der Waals surface area contributed by atoms with Gasteiger partial charge in [0.25, 0.3) is 0 Å². The van der Waals surface area contributed by atoms with Crippen LogP contribution in [0.1, 0.15) is 31.6 Å². The molecule has 1 unspecified atom stereocenters. The number of rotatable bonds is 7. The van der Waals surface area contributed by atoms with Crippen molar-refractivity contribution in [2.45, 2.75) is 39.3 Å². The molecule has 1 rings (SSSR count). The molecule has 1 heterocycles. The molecule has 0 aromatic carbocycles. The molecule has 5 heteroatoms. The van der Waals surface area contributed by atoms with Gasteiger partial charge < -0.3 is 15.0 Å².